The predicted molar refractivity (Wildman–Crippen MR) is 139 cm³/mol. The average molecular weight is 469 g/mol. The molecule has 196 valence electrons. The summed E-state index contributed by atoms with van der Waals surface area (Å²) in [6, 6.07) is 0. The molecule has 0 aromatic heterocycles. The van der Waals surface area contributed by atoms with E-state index in [-0.39, 0.29) is 11.9 Å². The molecule has 0 aliphatic rings. The zero-order valence-electron chi connectivity index (χ0n) is 22.3. The van der Waals surface area contributed by atoms with Crippen LogP contribution in [0.1, 0.15) is 162 Å². The Labute approximate surface area is 206 Å². The van der Waals surface area contributed by atoms with Crippen LogP contribution in [0.5, 0.6) is 0 Å². The minimum Gasteiger partial charge on any atom is -0.466 e. The molecule has 0 atom stereocenters. The van der Waals surface area contributed by atoms with E-state index in [1.165, 1.54) is 83.5 Å². The van der Waals surface area contributed by atoms with Crippen LogP contribution >= 0.6 is 0 Å². The van der Waals surface area contributed by atoms with Crippen LogP contribution in [0.3, 0.4) is 0 Å². The molecule has 0 radical (unpaired) electrons. The van der Waals surface area contributed by atoms with Crippen molar-refractivity contribution < 1.29 is 19.1 Å². The highest BCUT2D eigenvalue weighted by atomic mass is 16.5. The fourth-order valence-corrected chi connectivity index (χ4v) is 4.09. The van der Waals surface area contributed by atoms with E-state index >= 15 is 0 Å². The maximum Gasteiger partial charge on any atom is 0.305 e. The Morgan fingerprint density at radius 2 is 0.727 bits per heavy atom. The second-order valence-corrected chi connectivity index (χ2v) is 9.66. The molecule has 0 N–H and O–H groups in total. The van der Waals surface area contributed by atoms with Crippen molar-refractivity contribution in [2.45, 2.75) is 162 Å². The van der Waals surface area contributed by atoms with Gasteiger partial charge in [0.05, 0.1) is 13.2 Å². The van der Waals surface area contributed by atoms with Crippen LogP contribution in [-0.4, -0.2) is 25.2 Å². The van der Waals surface area contributed by atoms with Gasteiger partial charge in [-0.05, 0) is 25.7 Å². The molecular weight excluding hydrogens is 412 g/mol. The van der Waals surface area contributed by atoms with Crippen molar-refractivity contribution in [1.29, 1.82) is 0 Å². The molecular formula is C29H56O4. The summed E-state index contributed by atoms with van der Waals surface area (Å²) in [6.45, 7) is 5.40. The zero-order chi connectivity index (χ0) is 24.2. The Hall–Kier alpha value is -1.06. The van der Waals surface area contributed by atoms with Gasteiger partial charge in [0.1, 0.15) is 0 Å². The first-order valence-corrected chi connectivity index (χ1v) is 14.5. The quantitative estimate of drug-likeness (QED) is 0.0938. The highest BCUT2D eigenvalue weighted by molar-refractivity contribution is 5.69. The van der Waals surface area contributed by atoms with Crippen LogP contribution in [-0.2, 0) is 19.1 Å². The third kappa shape index (κ3) is 27.1. The van der Waals surface area contributed by atoms with Crippen molar-refractivity contribution >= 4 is 11.9 Å². The maximum absolute atomic E-state index is 11.8. The van der Waals surface area contributed by atoms with Crippen LogP contribution in [0, 0.1) is 0 Å². The first kappa shape index (κ1) is 31.9. The van der Waals surface area contributed by atoms with Crippen molar-refractivity contribution in [2.24, 2.45) is 0 Å². The van der Waals surface area contributed by atoms with Crippen molar-refractivity contribution in [1.82, 2.24) is 0 Å². The van der Waals surface area contributed by atoms with Gasteiger partial charge in [0.2, 0.25) is 0 Å². The Morgan fingerprint density at radius 1 is 0.394 bits per heavy atom. The van der Waals surface area contributed by atoms with Gasteiger partial charge >= 0.3 is 11.9 Å². The lowest BCUT2D eigenvalue weighted by Crippen LogP contribution is -2.05. The van der Waals surface area contributed by atoms with Gasteiger partial charge in [-0.3, -0.25) is 9.59 Å². The first-order chi connectivity index (χ1) is 16.2. The average Bonchev–Trinajstić information content (AvgIpc) is 2.81. The van der Waals surface area contributed by atoms with Gasteiger partial charge in [0.25, 0.3) is 0 Å². The van der Waals surface area contributed by atoms with Crippen LogP contribution in [0.2, 0.25) is 0 Å². The molecule has 0 spiro atoms. The molecule has 33 heavy (non-hydrogen) atoms. The topological polar surface area (TPSA) is 52.6 Å². The highest BCUT2D eigenvalue weighted by Crippen LogP contribution is 2.13. The molecule has 0 heterocycles. The van der Waals surface area contributed by atoms with Crippen LogP contribution < -0.4 is 0 Å². The number of unbranched alkanes of at least 4 members (excludes halogenated alkanes) is 18. The van der Waals surface area contributed by atoms with Crippen LogP contribution in [0.4, 0.5) is 0 Å². The summed E-state index contributed by atoms with van der Waals surface area (Å²) in [6.07, 6.45) is 26.9. The minimum atomic E-state index is -0.0709. The first-order valence-electron chi connectivity index (χ1n) is 14.5. The third-order valence-electron chi connectivity index (χ3n) is 6.24. The number of rotatable bonds is 26. The number of esters is 2. The molecule has 4 nitrogen and oxygen atoms in total. The van der Waals surface area contributed by atoms with E-state index in [0.717, 1.165) is 51.4 Å². The van der Waals surface area contributed by atoms with E-state index in [1.807, 2.05) is 6.92 Å². The summed E-state index contributed by atoms with van der Waals surface area (Å²) < 4.78 is 10.4. The molecule has 0 saturated carbocycles. The Kier molecular flexibility index (Phi) is 26.3. The van der Waals surface area contributed by atoms with Gasteiger partial charge in [-0.15, -0.1) is 0 Å². The second-order valence-electron chi connectivity index (χ2n) is 9.66. The fourth-order valence-electron chi connectivity index (χ4n) is 4.09. The monoisotopic (exact) mass is 468 g/mol. The summed E-state index contributed by atoms with van der Waals surface area (Å²) in [5.41, 5.74) is 0. The van der Waals surface area contributed by atoms with E-state index < -0.39 is 0 Å². The van der Waals surface area contributed by atoms with Gasteiger partial charge in [-0.25, -0.2) is 0 Å². The van der Waals surface area contributed by atoms with E-state index in [4.69, 9.17) is 9.47 Å². The number of hydrogen-bond acceptors (Lipinski definition) is 4. The lowest BCUT2D eigenvalue weighted by Gasteiger charge is -2.06. The third-order valence-corrected chi connectivity index (χ3v) is 6.24. The van der Waals surface area contributed by atoms with Crippen molar-refractivity contribution in [3.63, 3.8) is 0 Å². The normalized spacial score (nSPS) is 11.0. The van der Waals surface area contributed by atoms with Crippen molar-refractivity contribution in [3.8, 4) is 0 Å². The van der Waals surface area contributed by atoms with Crippen LogP contribution in [0.15, 0.2) is 0 Å². The molecule has 0 rings (SSSR count). The van der Waals surface area contributed by atoms with Crippen molar-refractivity contribution in [3.05, 3.63) is 0 Å². The molecule has 0 saturated heterocycles. The van der Waals surface area contributed by atoms with Crippen LogP contribution in [0.25, 0.3) is 0 Å². The van der Waals surface area contributed by atoms with Gasteiger partial charge in [-0.1, -0.05) is 123 Å². The Bertz CT molecular complexity index is 422. The molecule has 0 bridgehead atoms. The summed E-state index contributed by atoms with van der Waals surface area (Å²) in [4.78, 5) is 23.2. The summed E-state index contributed by atoms with van der Waals surface area (Å²) in [7, 11) is 0. The smallest absolute Gasteiger partial charge is 0.305 e. The molecule has 0 aliphatic carbocycles. The van der Waals surface area contributed by atoms with Gasteiger partial charge in [0.15, 0.2) is 0 Å². The van der Waals surface area contributed by atoms with E-state index in [2.05, 4.69) is 6.92 Å². The summed E-state index contributed by atoms with van der Waals surface area (Å²) >= 11 is 0. The zero-order valence-corrected chi connectivity index (χ0v) is 22.3. The van der Waals surface area contributed by atoms with Gasteiger partial charge in [-0.2, -0.15) is 0 Å². The predicted octanol–water partition coefficient (Wildman–Crippen LogP) is 9.08. The maximum atomic E-state index is 11.8. The second kappa shape index (κ2) is 27.2. The number of ether oxygens (including phenoxy) is 2. The molecule has 0 fully saturated rings. The molecule has 0 unspecified atom stereocenters. The number of carbonyl (C=O) groups is 2. The van der Waals surface area contributed by atoms with E-state index in [0.29, 0.717) is 26.1 Å². The molecule has 0 aliphatic heterocycles. The SMILES string of the molecule is CCCCCCCCCCCCCCCCOC(=O)CCCCCCCCC(=O)OCCC. The lowest BCUT2D eigenvalue weighted by molar-refractivity contribution is -0.144. The molecule has 0 aromatic carbocycles. The lowest BCUT2D eigenvalue weighted by atomic mass is 10.0. The highest BCUT2D eigenvalue weighted by Gasteiger charge is 2.04. The van der Waals surface area contributed by atoms with E-state index in [1.54, 1.807) is 0 Å². The largest absolute Gasteiger partial charge is 0.466 e. The number of hydrogen-bond donors (Lipinski definition) is 0. The summed E-state index contributed by atoms with van der Waals surface area (Å²) in [5, 5.41) is 0. The van der Waals surface area contributed by atoms with Gasteiger partial charge in [0, 0.05) is 12.8 Å². The standard InChI is InChI=1S/C29H56O4/c1-3-5-6-7-8-9-10-11-12-13-14-17-20-23-27-33-29(31)25-22-19-16-15-18-21-24-28(30)32-26-4-2/h3-27H2,1-2H3. The Balaban J connectivity index is 3.20. The number of carbonyl (C=O) groups excluding carboxylic acids is 2. The summed E-state index contributed by atoms with van der Waals surface area (Å²) in [5.74, 6) is -0.109. The van der Waals surface area contributed by atoms with Gasteiger partial charge < -0.3 is 9.47 Å². The molecule has 4 heteroatoms. The molecule has 0 aromatic rings. The minimum absolute atomic E-state index is 0.0386. The Morgan fingerprint density at radius 3 is 1.12 bits per heavy atom. The molecule has 0 amide bonds. The van der Waals surface area contributed by atoms with E-state index in [9.17, 15) is 9.59 Å². The fraction of sp³-hybridized carbons (Fsp3) is 0.931. The van der Waals surface area contributed by atoms with Crippen molar-refractivity contribution in [2.75, 3.05) is 13.2 Å².